The monoisotopic (exact) mass is 439 g/mol. The number of nitrogens with zero attached hydrogens (tertiary/aromatic N) is 4. The summed E-state index contributed by atoms with van der Waals surface area (Å²) in [6.07, 6.45) is 5.80. The maximum atomic E-state index is 13.2. The molecule has 3 rings (SSSR count). The Morgan fingerprint density at radius 1 is 1.19 bits per heavy atom. The molecule has 0 spiro atoms. The molecule has 0 bridgehead atoms. The first-order valence-corrected chi connectivity index (χ1v) is 10.6. The lowest BCUT2D eigenvalue weighted by Crippen LogP contribution is -2.15. The molecule has 0 saturated carbocycles. The first-order chi connectivity index (χ1) is 15.4. The van der Waals surface area contributed by atoms with Crippen LogP contribution in [0, 0.1) is 12.8 Å². The van der Waals surface area contributed by atoms with E-state index in [1.165, 1.54) is 0 Å². The Morgan fingerprint density at radius 3 is 2.66 bits per heavy atom. The van der Waals surface area contributed by atoms with Gasteiger partial charge in [0.15, 0.2) is 5.78 Å². The summed E-state index contributed by atoms with van der Waals surface area (Å²) in [4.78, 5) is 36.9. The van der Waals surface area contributed by atoms with Crippen LogP contribution in [-0.2, 0) is 23.0 Å². The molecule has 0 amide bonds. The standard InChI is InChI=1S/C23H29N5O4/c1-15(13-20(30)31)12-19(29)21-17-11-16(2)14-27-22(17)28(3)18(21)5-9-32-10-8-26-23-24-6-4-7-25-23/h4,6-7,11,14-15H,5,8-10,12-13H2,1-3H3,(H,30,31)(H,24,25,26)/t15-/m0/s1. The van der Waals surface area contributed by atoms with Crippen LogP contribution in [0.25, 0.3) is 11.0 Å². The second kappa shape index (κ2) is 10.8. The van der Waals surface area contributed by atoms with Crippen molar-refractivity contribution in [1.29, 1.82) is 0 Å². The molecule has 32 heavy (non-hydrogen) atoms. The smallest absolute Gasteiger partial charge is 0.303 e. The number of nitrogens with one attached hydrogen (secondary N) is 1. The van der Waals surface area contributed by atoms with Crippen molar-refractivity contribution < 1.29 is 19.4 Å². The SMILES string of the molecule is Cc1cnc2c(c1)c(C(=O)C[C@H](C)CC(=O)O)c(CCOCCNc1ncccn1)n2C. The summed E-state index contributed by atoms with van der Waals surface area (Å²) in [6, 6.07) is 3.72. The molecule has 2 N–H and O–H groups in total. The van der Waals surface area contributed by atoms with E-state index in [1.807, 2.05) is 24.6 Å². The number of hydrogen-bond acceptors (Lipinski definition) is 7. The molecule has 0 aliphatic carbocycles. The first kappa shape index (κ1) is 23.3. The molecular weight excluding hydrogens is 410 g/mol. The van der Waals surface area contributed by atoms with Crippen LogP contribution in [0.3, 0.4) is 0 Å². The zero-order valence-corrected chi connectivity index (χ0v) is 18.7. The number of aryl methyl sites for hydroxylation is 2. The average Bonchev–Trinajstić information content (AvgIpc) is 3.01. The Labute approximate surface area is 186 Å². The molecule has 9 nitrogen and oxygen atoms in total. The number of Topliss-reactive ketones (excluding diaryl/α,β-unsaturated/α-hetero) is 1. The lowest BCUT2D eigenvalue weighted by atomic mass is 9.95. The van der Waals surface area contributed by atoms with E-state index in [1.54, 1.807) is 31.6 Å². The van der Waals surface area contributed by atoms with Gasteiger partial charge in [-0.05, 0) is 30.5 Å². The van der Waals surface area contributed by atoms with Gasteiger partial charge in [-0.1, -0.05) is 6.92 Å². The predicted octanol–water partition coefficient (Wildman–Crippen LogP) is 3.03. The number of fused-ring (bicyclic) bond motifs is 1. The molecule has 3 heterocycles. The Kier molecular flexibility index (Phi) is 7.88. The van der Waals surface area contributed by atoms with Crippen LogP contribution in [0.4, 0.5) is 5.95 Å². The van der Waals surface area contributed by atoms with Crippen molar-refractivity contribution >= 4 is 28.7 Å². The van der Waals surface area contributed by atoms with E-state index < -0.39 is 5.97 Å². The Balaban J connectivity index is 1.69. The molecule has 1 atom stereocenters. The number of pyridine rings is 1. The molecular formula is C23H29N5O4. The third-order valence-corrected chi connectivity index (χ3v) is 5.20. The van der Waals surface area contributed by atoms with Crippen molar-refractivity contribution in [1.82, 2.24) is 19.5 Å². The number of aliphatic carboxylic acids is 1. The van der Waals surface area contributed by atoms with Gasteiger partial charge in [0, 0.05) is 68.1 Å². The lowest BCUT2D eigenvalue weighted by Gasteiger charge is -2.11. The third kappa shape index (κ3) is 5.88. The maximum Gasteiger partial charge on any atom is 0.303 e. The third-order valence-electron chi connectivity index (χ3n) is 5.20. The highest BCUT2D eigenvalue weighted by molar-refractivity contribution is 6.09. The van der Waals surface area contributed by atoms with Gasteiger partial charge in [0.1, 0.15) is 5.65 Å². The fourth-order valence-electron chi connectivity index (χ4n) is 3.75. The minimum absolute atomic E-state index is 0.0373. The van der Waals surface area contributed by atoms with Gasteiger partial charge in [-0.3, -0.25) is 9.59 Å². The van der Waals surface area contributed by atoms with Crippen LogP contribution in [0.15, 0.2) is 30.7 Å². The molecule has 3 aromatic heterocycles. The maximum absolute atomic E-state index is 13.2. The van der Waals surface area contributed by atoms with E-state index in [-0.39, 0.29) is 24.5 Å². The number of ether oxygens (including phenoxy) is 1. The number of carbonyl (C=O) groups excluding carboxylic acids is 1. The number of rotatable bonds is 12. The van der Waals surface area contributed by atoms with Crippen molar-refractivity contribution in [2.45, 2.75) is 33.1 Å². The summed E-state index contributed by atoms with van der Waals surface area (Å²) in [5, 5.41) is 12.9. The summed E-state index contributed by atoms with van der Waals surface area (Å²) < 4.78 is 7.70. The van der Waals surface area contributed by atoms with Crippen molar-refractivity contribution in [2.75, 3.05) is 25.1 Å². The number of aromatic nitrogens is 4. The number of anilines is 1. The predicted molar refractivity (Wildman–Crippen MR) is 121 cm³/mol. The van der Waals surface area contributed by atoms with Crippen molar-refractivity contribution in [3.63, 3.8) is 0 Å². The second-order valence-electron chi connectivity index (χ2n) is 7.96. The summed E-state index contributed by atoms with van der Waals surface area (Å²) >= 11 is 0. The Morgan fingerprint density at radius 2 is 1.94 bits per heavy atom. The lowest BCUT2D eigenvalue weighted by molar-refractivity contribution is -0.137. The van der Waals surface area contributed by atoms with Gasteiger partial charge in [0.2, 0.25) is 5.95 Å². The van der Waals surface area contributed by atoms with Crippen LogP contribution in [0.5, 0.6) is 0 Å². The Bertz CT molecular complexity index is 1080. The molecule has 0 saturated heterocycles. The van der Waals surface area contributed by atoms with Crippen LogP contribution in [0.2, 0.25) is 0 Å². The van der Waals surface area contributed by atoms with Gasteiger partial charge >= 0.3 is 5.97 Å². The highest BCUT2D eigenvalue weighted by Crippen LogP contribution is 2.28. The van der Waals surface area contributed by atoms with E-state index in [0.717, 1.165) is 22.3 Å². The van der Waals surface area contributed by atoms with Crippen LogP contribution >= 0.6 is 0 Å². The molecule has 0 aromatic carbocycles. The van der Waals surface area contributed by atoms with E-state index in [2.05, 4.69) is 20.3 Å². The quantitative estimate of drug-likeness (QED) is 0.326. The van der Waals surface area contributed by atoms with E-state index >= 15 is 0 Å². The normalized spacial score (nSPS) is 12.1. The minimum Gasteiger partial charge on any atom is -0.481 e. The zero-order chi connectivity index (χ0) is 23.1. The Hall–Kier alpha value is -3.33. The van der Waals surface area contributed by atoms with Gasteiger partial charge in [-0.2, -0.15) is 0 Å². The van der Waals surface area contributed by atoms with Crippen LogP contribution in [0.1, 0.15) is 41.4 Å². The topological polar surface area (TPSA) is 119 Å². The number of carboxylic acids is 1. The fraction of sp³-hybridized carbons (Fsp3) is 0.435. The number of carboxylic acid groups (broad SMARTS) is 1. The number of ketones is 1. The number of hydrogen-bond donors (Lipinski definition) is 2. The average molecular weight is 440 g/mol. The van der Waals surface area contributed by atoms with Gasteiger partial charge in [0.25, 0.3) is 0 Å². The minimum atomic E-state index is -0.899. The van der Waals surface area contributed by atoms with Gasteiger partial charge in [0.05, 0.1) is 13.2 Å². The van der Waals surface area contributed by atoms with Gasteiger partial charge < -0.3 is 19.7 Å². The van der Waals surface area contributed by atoms with Crippen LogP contribution in [-0.4, -0.2) is 56.1 Å². The van der Waals surface area contributed by atoms with Crippen LogP contribution < -0.4 is 5.32 Å². The fourth-order valence-corrected chi connectivity index (χ4v) is 3.75. The molecule has 0 aliphatic heterocycles. The van der Waals surface area contributed by atoms with E-state index in [9.17, 15) is 9.59 Å². The van der Waals surface area contributed by atoms with E-state index in [0.29, 0.717) is 37.7 Å². The molecule has 0 aliphatic rings. The van der Waals surface area contributed by atoms with E-state index in [4.69, 9.17) is 9.84 Å². The van der Waals surface area contributed by atoms with Crippen molar-refractivity contribution in [3.05, 3.63) is 47.5 Å². The molecule has 0 radical (unpaired) electrons. The van der Waals surface area contributed by atoms with Crippen molar-refractivity contribution in [2.24, 2.45) is 13.0 Å². The molecule has 9 heteroatoms. The molecule has 0 fully saturated rings. The number of carbonyl (C=O) groups is 2. The molecule has 0 unspecified atom stereocenters. The first-order valence-electron chi connectivity index (χ1n) is 10.6. The largest absolute Gasteiger partial charge is 0.481 e. The molecule has 170 valence electrons. The summed E-state index contributed by atoms with van der Waals surface area (Å²) in [5.74, 6) is -0.656. The molecule has 3 aromatic rings. The summed E-state index contributed by atoms with van der Waals surface area (Å²) in [5.41, 5.74) is 3.18. The van der Waals surface area contributed by atoms with Crippen molar-refractivity contribution in [3.8, 4) is 0 Å². The van der Waals surface area contributed by atoms with Gasteiger partial charge in [-0.15, -0.1) is 0 Å². The summed E-state index contributed by atoms with van der Waals surface area (Å²) in [7, 11) is 1.89. The highest BCUT2D eigenvalue weighted by Gasteiger charge is 2.24. The highest BCUT2D eigenvalue weighted by atomic mass is 16.5. The zero-order valence-electron chi connectivity index (χ0n) is 18.7. The summed E-state index contributed by atoms with van der Waals surface area (Å²) in [6.45, 7) is 5.20. The van der Waals surface area contributed by atoms with Gasteiger partial charge in [-0.25, -0.2) is 15.0 Å². The second-order valence-corrected chi connectivity index (χ2v) is 7.96.